The molecule has 3 N–H and O–H groups in total. The van der Waals surface area contributed by atoms with Gasteiger partial charge in [0.25, 0.3) is 5.91 Å². The first kappa shape index (κ1) is 20.0. The summed E-state index contributed by atoms with van der Waals surface area (Å²) in [6.45, 7) is 5.02. The van der Waals surface area contributed by atoms with Crippen molar-refractivity contribution in [2.75, 3.05) is 19.7 Å². The number of amides is 2. The highest BCUT2D eigenvalue weighted by molar-refractivity contribution is 5.83. The molecule has 0 radical (unpaired) electrons. The Morgan fingerprint density at radius 1 is 1.20 bits per heavy atom. The van der Waals surface area contributed by atoms with Crippen molar-refractivity contribution < 1.29 is 14.3 Å². The van der Waals surface area contributed by atoms with Gasteiger partial charge in [-0.2, -0.15) is 0 Å². The Morgan fingerprint density at radius 3 is 2.63 bits per heavy atom. The molecule has 6 heteroatoms. The molecule has 4 saturated carbocycles. The Morgan fingerprint density at radius 2 is 1.93 bits per heavy atom. The number of carbonyl (C=O) groups excluding carboxylic acids is 2. The van der Waals surface area contributed by atoms with E-state index in [1.165, 1.54) is 11.1 Å². The van der Waals surface area contributed by atoms with E-state index in [2.05, 4.69) is 41.4 Å². The SMILES string of the molecule is Cc1ccccc1CN1CCOC(C(=O)NC2C3CC4CC2CC(C(N)=O)(C4)C3)C1. The molecule has 1 heterocycles. The van der Waals surface area contributed by atoms with Gasteiger partial charge in [0.2, 0.25) is 5.91 Å². The Bertz CT molecular complexity index is 825. The molecule has 6 nitrogen and oxygen atoms in total. The van der Waals surface area contributed by atoms with Crippen LogP contribution in [0.1, 0.15) is 43.2 Å². The average molecular weight is 412 g/mol. The van der Waals surface area contributed by atoms with Crippen LogP contribution >= 0.6 is 0 Å². The maximum absolute atomic E-state index is 13.1. The number of carbonyl (C=O) groups is 2. The number of nitrogens with two attached hydrogens (primary N) is 1. The second-order valence-corrected chi connectivity index (χ2v) is 10.2. The molecule has 2 amide bonds. The quantitative estimate of drug-likeness (QED) is 0.776. The summed E-state index contributed by atoms with van der Waals surface area (Å²) < 4.78 is 5.86. The highest BCUT2D eigenvalue weighted by Crippen LogP contribution is 2.59. The fourth-order valence-electron chi connectivity index (χ4n) is 6.85. The van der Waals surface area contributed by atoms with E-state index >= 15 is 0 Å². The predicted molar refractivity (Wildman–Crippen MR) is 113 cm³/mol. The minimum atomic E-state index is -0.426. The van der Waals surface area contributed by atoms with Crippen LogP contribution in [0.15, 0.2) is 24.3 Å². The summed E-state index contributed by atoms with van der Waals surface area (Å²) in [5.41, 5.74) is 8.06. The molecular weight excluding hydrogens is 378 g/mol. The van der Waals surface area contributed by atoms with Gasteiger partial charge in [0.1, 0.15) is 6.10 Å². The topological polar surface area (TPSA) is 84.7 Å². The van der Waals surface area contributed by atoms with Crippen LogP contribution in [-0.2, 0) is 20.9 Å². The fraction of sp³-hybridized carbons (Fsp3) is 0.667. The van der Waals surface area contributed by atoms with E-state index in [1.54, 1.807) is 0 Å². The molecule has 6 rings (SSSR count). The number of hydrogen-bond acceptors (Lipinski definition) is 4. The molecular formula is C24H33N3O3. The van der Waals surface area contributed by atoms with Crippen LogP contribution in [0.5, 0.6) is 0 Å². The van der Waals surface area contributed by atoms with Gasteiger partial charge in [0.05, 0.1) is 6.61 Å². The highest BCUT2D eigenvalue weighted by atomic mass is 16.5. The zero-order valence-electron chi connectivity index (χ0n) is 17.8. The second-order valence-electron chi connectivity index (χ2n) is 10.2. The van der Waals surface area contributed by atoms with E-state index in [0.717, 1.165) is 45.2 Å². The van der Waals surface area contributed by atoms with Crippen LogP contribution in [0.25, 0.3) is 0 Å². The Kier molecular flexibility index (Phi) is 5.10. The summed E-state index contributed by atoms with van der Waals surface area (Å²) in [6.07, 6.45) is 4.43. The van der Waals surface area contributed by atoms with Gasteiger partial charge in [0, 0.05) is 31.1 Å². The summed E-state index contributed by atoms with van der Waals surface area (Å²) in [6, 6.07) is 8.57. The molecule has 1 aromatic carbocycles. The molecule has 3 atom stereocenters. The standard InChI is InChI=1S/C24H33N3O3/c1-15-4-2-3-5-17(15)13-27-6-7-30-20(14-27)22(28)26-21-18-8-16-9-19(21)12-24(10-16,11-18)23(25)29/h2-5,16,18-21H,6-14H2,1H3,(H2,25,29)(H,26,28). The lowest BCUT2D eigenvalue weighted by molar-refractivity contribution is -0.151. The van der Waals surface area contributed by atoms with E-state index in [1.807, 2.05) is 0 Å². The molecule has 4 aliphatic carbocycles. The summed E-state index contributed by atoms with van der Waals surface area (Å²) >= 11 is 0. The van der Waals surface area contributed by atoms with E-state index in [9.17, 15) is 9.59 Å². The molecule has 1 aromatic rings. The highest BCUT2D eigenvalue weighted by Gasteiger charge is 2.58. The maximum atomic E-state index is 13.1. The van der Waals surface area contributed by atoms with Gasteiger partial charge in [-0.25, -0.2) is 0 Å². The van der Waals surface area contributed by atoms with Gasteiger partial charge >= 0.3 is 0 Å². The average Bonchev–Trinajstić information content (AvgIpc) is 2.72. The molecule has 1 saturated heterocycles. The molecule has 162 valence electrons. The van der Waals surface area contributed by atoms with E-state index < -0.39 is 6.10 Å². The minimum Gasteiger partial charge on any atom is -0.369 e. The van der Waals surface area contributed by atoms with Crippen molar-refractivity contribution in [1.29, 1.82) is 0 Å². The van der Waals surface area contributed by atoms with E-state index in [-0.39, 0.29) is 23.3 Å². The Labute approximate surface area is 178 Å². The summed E-state index contributed by atoms with van der Waals surface area (Å²) in [5, 5.41) is 3.34. The van der Waals surface area contributed by atoms with Crippen LogP contribution < -0.4 is 11.1 Å². The van der Waals surface area contributed by atoms with Gasteiger partial charge < -0.3 is 15.8 Å². The third-order valence-electron chi connectivity index (χ3n) is 8.20. The normalized spacial score (nSPS) is 37.8. The summed E-state index contributed by atoms with van der Waals surface area (Å²) in [5.74, 6) is 1.22. The monoisotopic (exact) mass is 411 g/mol. The molecule has 0 aromatic heterocycles. The fourth-order valence-corrected chi connectivity index (χ4v) is 6.85. The van der Waals surface area contributed by atoms with E-state index in [0.29, 0.717) is 30.9 Å². The molecule has 0 spiro atoms. The first-order valence-electron chi connectivity index (χ1n) is 11.4. The molecule has 4 bridgehead atoms. The number of nitrogens with one attached hydrogen (secondary N) is 1. The summed E-state index contributed by atoms with van der Waals surface area (Å²) in [7, 11) is 0. The second kappa shape index (κ2) is 7.65. The van der Waals surface area contributed by atoms with Gasteiger partial charge in [-0.3, -0.25) is 14.5 Å². The van der Waals surface area contributed by atoms with Crippen molar-refractivity contribution >= 4 is 11.8 Å². The third-order valence-corrected chi connectivity index (χ3v) is 8.20. The van der Waals surface area contributed by atoms with Gasteiger partial charge in [0.15, 0.2) is 0 Å². The molecule has 5 fully saturated rings. The maximum Gasteiger partial charge on any atom is 0.250 e. The number of rotatable bonds is 5. The number of hydrogen-bond donors (Lipinski definition) is 2. The number of nitrogens with zero attached hydrogens (tertiary/aromatic N) is 1. The van der Waals surface area contributed by atoms with Crippen LogP contribution in [0.4, 0.5) is 0 Å². The number of morpholine rings is 1. The Hall–Kier alpha value is -1.92. The van der Waals surface area contributed by atoms with Crippen LogP contribution in [0.2, 0.25) is 0 Å². The van der Waals surface area contributed by atoms with Crippen molar-refractivity contribution in [1.82, 2.24) is 10.2 Å². The minimum absolute atomic E-state index is 0.00934. The van der Waals surface area contributed by atoms with Crippen LogP contribution in [0.3, 0.4) is 0 Å². The largest absolute Gasteiger partial charge is 0.369 e. The zero-order valence-corrected chi connectivity index (χ0v) is 17.8. The predicted octanol–water partition coefficient (Wildman–Crippen LogP) is 1.99. The number of benzene rings is 1. The first-order valence-corrected chi connectivity index (χ1v) is 11.4. The lowest BCUT2D eigenvalue weighted by atomic mass is 9.47. The number of ether oxygens (including phenoxy) is 1. The van der Waals surface area contributed by atoms with Crippen LogP contribution in [0, 0.1) is 30.1 Å². The smallest absolute Gasteiger partial charge is 0.250 e. The third kappa shape index (κ3) is 3.54. The number of primary amides is 1. The molecule has 3 unspecified atom stereocenters. The number of aryl methyl sites for hydroxylation is 1. The summed E-state index contributed by atoms with van der Waals surface area (Å²) in [4.78, 5) is 27.6. The van der Waals surface area contributed by atoms with Crippen molar-refractivity contribution in [3.05, 3.63) is 35.4 Å². The van der Waals surface area contributed by atoms with Gasteiger partial charge in [-0.05, 0) is 67.9 Å². The molecule has 1 aliphatic heterocycles. The Balaban J connectivity index is 1.22. The van der Waals surface area contributed by atoms with Crippen molar-refractivity contribution in [3.8, 4) is 0 Å². The van der Waals surface area contributed by atoms with Gasteiger partial charge in [-0.1, -0.05) is 24.3 Å². The zero-order chi connectivity index (χ0) is 20.9. The first-order chi connectivity index (χ1) is 14.4. The lowest BCUT2D eigenvalue weighted by Gasteiger charge is -2.59. The lowest BCUT2D eigenvalue weighted by Crippen LogP contribution is -2.63. The van der Waals surface area contributed by atoms with E-state index in [4.69, 9.17) is 10.5 Å². The van der Waals surface area contributed by atoms with Crippen molar-refractivity contribution in [2.24, 2.45) is 28.9 Å². The van der Waals surface area contributed by atoms with Crippen molar-refractivity contribution in [3.63, 3.8) is 0 Å². The molecule has 30 heavy (non-hydrogen) atoms. The van der Waals surface area contributed by atoms with Crippen LogP contribution in [-0.4, -0.2) is 48.6 Å². The molecule has 5 aliphatic rings. The van der Waals surface area contributed by atoms with Gasteiger partial charge in [-0.15, -0.1) is 0 Å². The van der Waals surface area contributed by atoms with Crippen molar-refractivity contribution in [2.45, 2.75) is 57.7 Å².